The minimum absolute atomic E-state index is 0.352. The molecule has 0 aliphatic rings. The van der Waals surface area contributed by atoms with Gasteiger partial charge in [0.15, 0.2) is 0 Å². The lowest BCUT2D eigenvalue weighted by atomic mass is 10.2. The summed E-state index contributed by atoms with van der Waals surface area (Å²) in [6.07, 6.45) is 0. The van der Waals surface area contributed by atoms with Crippen LogP contribution in [0.5, 0.6) is 0 Å². The van der Waals surface area contributed by atoms with E-state index >= 15 is 0 Å². The van der Waals surface area contributed by atoms with Crippen LogP contribution in [-0.4, -0.2) is 8.42 Å². The second-order valence-electron chi connectivity index (χ2n) is 2.44. The van der Waals surface area contributed by atoms with Crippen LogP contribution >= 0.6 is 0 Å². The molecule has 0 N–H and O–H groups in total. The number of hydrogen-bond donors (Lipinski definition) is 0. The van der Waals surface area contributed by atoms with Crippen molar-refractivity contribution in [3.8, 4) is 6.07 Å². The van der Waals surface area contributed by atoms with Gasteiger partial charge >= 0.3 is 0 Å². The van der Waals surface area contributed by atoms with Gasteiger partial charge < -0.3 is 0 Å². The number of rotatable bonds is 2. The third kappa shape index (κ3) is 1.65. The maximum Gasteiger partial charge on any atom is 0.200 e. The number of halogens is 1. The first kappa shape index (κ1) is 10.4. The molecule has 0 aliphatic heterocycles. The van der Waals surface area contributed by atoms with Crippen molar-refractivity contribution in [2.45, 2.75) is 4.90 Å². The normalized spacial score (nSPS) is 10.6. The highest BCUT2D eigenvalue weighted by atomic mass is 32.2. The van der Waals surface area contributed by atoms with Crippen LogP contribution in [0.2, 0.25) is 0 Å². The standard InChI is InChI=1S/C9H6FNO2S/c1-2-14(12,13)9-5-3-4-8(10)7(9)6-11/h2-5H,1H2. The topological polar surface area (TPSA) is 57.9 Å². The highest BCUT2D eigenvalue weighted by Gasteiger charge is 2.17. The smallest absolute Gasteiger partial charge is 0.200 e. The van der Waals surface area contributed by atoms with Crippen LogP contribution in [0.1, 0.15) is 5.56 Å². The van der Waals surface area contributed by atoms with Gasteiger partial charge in [0.25, 0.3) is 0 Å². The van der Waals surface area contributed by atoms with Crippen LogP contribution < -0.4 is 0 Å². The zero-order valence-electron chi connectivity index (χ0n) is 7.07. The molecule has 3 nitrogen and oxygen atoms in total. The quantitative estimate of drug-likeness (QED) is 0.746. The number of hydrogen-bond acceptors (Lipinski definition) is 3. The number of nitriles is 1. The van der Waals surface area contributed by atoms with E-state index in [0.29, 0.717) is 5.41 Å². The van der Waals surface area contributed by atoms with E-state index < -0.39 is 21.2 Å². The summed E-state index contributed by atoms with van der Waals surface area (Å²) in [5, 5.41) is 9.25. The molecule has 1 aromatic carbocycles. The Morgan fingerprint density at radius 3 is 2.64 bits per heavy atom. The summed E-state index contributed by atoms with van der Waals surface area (Å²) in [6, 6.07) is 4.92. The highest BCUT2D eigenvalue weighted by Crippen LogP contribution is 2.19. The number of benzene rings is 1. The van der Waals surface area contributed by atoms with E-state index in [9.17, 15) is 12.8 Å². The van der Waals surface area contributed by atoms with Crippen molar-refractivity contribution < 1.29 is 12.8 Å². The van der Waals surface area contributed by atoms with E-state index in [-0.39, 0.29) is 4.90 Å². The fraction of sp³-hybridized carbons (Fsp3) is 0. The Balaban J connectivity index is 3.61. The molecule has 0 heterocycles. The third-order valence-electron chi connectivity index (χ3n) is 1.61. The van der Waals surface area contributed by atoms with Crippen molar-refractivity contribution in [3.63, 3.8) is 0 Å². The van der Waals surface area contributed by atoms with Crippen molar-refractivity contribution in [3.05, 3.63) is 41.6 Å². The molecule has 1 rings (SSSR count). The van der Waals surface area contributed by atoms with Gasteiger partial charge in [0.2, 0.25) is 9.84 Å². The Morgan fingerprint density at radius 2 is 2.14 bits per heavy atom. The Bertz CT molecular complexity index is 514. The first-order valence-corrected chi connectivity index (χ1v) is 5.13. The second-order valence-corrected chi connectivity index (χ2v) is 4.30. The van der Waals surface area contributed by atoms with Gasteiger partial charge in [0.05, 0.1) is 4.90 Å². The van der Waals surface area contributed by atoms with Crippen LogP contribution in [0, 0.1) is 17.1 Å². The summed E-state index contributed by atoms with van der Waals surface area (Å²) < 4.78 is 35.6. The van der Waals surface area contributed by atoms with Gasteiger partial charge in [-0.2, -0.15) is 5.26 Å². The fourth-order valence-corrected chi connectivity index (χ4v) is 1.82. The number of nitrogens with zero attached hydrogens (tertiary/aromatic N) is 1. The fourth-order valence-electron chi connectivity index (χ4n) is 0.940. The molecular formula is C9H6FNO2S. The van der Waals surface area contributed by atoms with Crippen LogP contribution in [-0.2, 0) is 9.84 Å². The average molecular weight is 211 g/mol. The molecular weight excluding hydrogens is 205 g/mol. The maximum absolute atomic E-state index is 13.0. The second kappa shape index (κ2) is 3.60. The predicted octanol–water partition coefficient (Wildman–Crippen LogP) is 1.61. The van der Waals surface area contributed by atoms with E-state index in [0.717, 1.165) is 6.07 Å². The molecule has 0 radical (unpaired) electrons. The third-order valence-corrected chi connectivity index (χ3v) is 3.01. The first-order valence-electron chi connectivity index (χ1n) is 3.59. The molecule has 0 saturated carbocycles. The molecule has 72 valence electrons. The van der Waals surface area contributed by atoms with Gasteiger partial charge in [-0.1, -0.05) is 12.6 Å². The van der Waals surface area contributed by atoms with Crippen molar-refractivity contribution in [1.82, 2.24) is 0 Å². The average Bonchev–Trinajstić information content (AvgIpc) is 2.17. The van der Waals surface area contributed by atoms with Gasteiger partial charge in [0, 0.05) is 5.41 Å². The molecule has 0 aromatic heterocycles. The van der Waals surface area contributed by atoms with E-state index in [1.165, 1.54) is 18.2 Å². The Kier molecular flexibility index (Phi) is 2.68. The first-order chi connectivity index (χ1) is 6.53. The molecule has 0 saturated heterocycles. The molecule has 1 aromatic rings. The lowest BCUT2D eigenvalue weighted by Gasteiger charge is -2.01. The van der Waals surface area contributed by atoms with Gasteiger partial charge in [-0.3, -0.25) is 0 Å². The minimum Gasteiger partial charge on any atom is -0.219 e. The zero-order chi connectivity index (χ0) is 10.8. The predicted molar refractivity (Wildman–Crippen MR) is 48.5 cm³/mol. The van der Waals surface area contributed by atoms with Gasteiger partial charge in [-0.05, 0) is 12.1 Å². The summed E-state index contributed by atoms with van der Waals surface area (Å²) in [6.45, 7) is 3.09. The van der Waals surface area contributed by atoms with Crippen LogP contribution in [0.3, 0.4) is 0 Å². The summed E-state index contributed by atoms with van der Waals surface area (Å²) in [7, 11) is -3.76. The summed E-state index contributed by atoms with van der Waals surface area (Å²) >= 11 is 0. The molecule has 0 amide bonds. The van der Waals surface area contributed by atoms with E-state index in [1.54, 1.807) is 0 Å². The van der Waals surface area contributed by atoms with E-state index in [4.69, 9.17) is 5.26 Å². The van der Waals surface area contributed by atoms with Crippen LogP contribution in [0.15, 0.2) is 35.1 Å². The van der Waals surface area contributed by atoms with Crippen molar-refractivity contribution in [1.29, 1.82) is 5.26 Å². The van der Waals surface area contributed by atoms with E-state index in [1.807, 2.05) is 0 Å². The lowest BCUT2D eigenvalue weighted by Crippen LogP contribution is -2.00. The molecule has 0 fully saturated rings. The largest absolute Gasteiger partial charge is 0.219 e. The summed E-state index contributed by atoms with van der Waals surface area (Å²) in [4.78, 5) is -0.352. The molecule has 14 heavy (non-hydrogen) atoms. The summed E-state index contributed by atoms with van der Waals surface area (Å²) in [5.74, 6) is -0.851. The van der Waals surface area contributed by atoms with Crippen molar-refractivity contribution in [2.24, 2.45) is 0 Å². The van der Waals surface area contributed by atoms with Gasteiger partial charge in [0.1, 0.15) is 17.4 Å². The summed E-state index contributed by atoms with van der Waals surface area (Å²) in [5.41, 5.74) is -0.479. The highest BCUT2D eigenvalue weighted by molar-refractivity contribution is 7.94. The Hall–Kier alpha value is -1.67. The van der Waals surface area contributed by atoms with Gasteiger partial charge in [-0.15, -0.1) is 0 Å². The molecule has 0 aliphatic carbocycles. The van der Waals surface area contributed by atoms with Crippen LogP contribution in [0.25, 0.3) is 0 Å². The number of sulfone groups is 1. The van der Waals surface area contributed by atoms with Crippen molar-refractivity contribution >= 4 is 9.84 Å². The molecule has 0 bridgehead atoms. The van der Waals surface area contributed by atoms with Crippen molar-refractivity contribution in [2.75, 3.05) is 0 Å². The molecule has 0 spiro atoms. The van der Waals surface area contributed by atoms with Crippen LogP contribution in [0.4, 0.5) is 4.39 Å². The van der Waals surface area contributed by atoms with Gasteiger partial charge in [-0.25, -0.2) is 12.8 Å². The SMILES string of the molecule is C=CS(=O)(=O)c1cccc(F)c1C#N. The molecule has 5 heteroatoms. The molecule has 0 atom stereocenters. The monoisotopic (exact) mass is 211 g/mol. The molecule has 0 unspecified atom stereocenters. The maximum atomic E-state index is 13.0. The van der Waals surface area contributed by atoms with E-state index in [2.05, 4.69) is 6.58 Å². The Labute approximate surface area is 81.0 Å². The minimum atomic E-state index is -3.76. The zero-order valence-corrected chi connectivity index (χ0v) is 7.88. The lowest BCUT2D eigenvalue weighted by molar-refractivity contribution is 0.596. The Morgan fingerprint density at radius 1 is 1.50 bits per heavy atom.